The van der Waals surface area contributed by atoms with Crippen LogP contribution in [0.1, 0.15) is 21.5 Å². The predicted molar refractivity (Wildman–Crippen MR) is 73.9 cm³/mol. The summed E-state index contributed by atoms with van der Waals surface area (Å²) in [6.07, 6.45) is 0. The number of carboxylic acid groups (broad SMARTS) is 1. The van der Waals surface area contributed by atoms with E-state index in [0.29, 0.717) is 16.3 Å². The van der Waals surface area contributed by atoms with Crippen molar-refractivity contribution in [1.29, 1.82) is 0 Å². The minimum atomic E-state index is -1.03. The second kappa shape index (κ2) is 5.92. The molecule has 2 aromatic carbocycles. The lowest BCUT2D eigenvalue weighted by molar-refractivity contribution is 0.0696. The number of halogens is 2. The number of benzene rings is 2. The number of rotatable bonds is 4. The van der Waals surface area contributed by atoms with E-state index >= 15 is 0 Å². The molecule has 0 bridgehead atoms. The van der Waals surface area contributed by atoms with Gasteiger partial charge in [0.05, 0.1) is 5.56 Å². The summed E-state index contributed by atoms with van der Waals surface area (Å²) in [5.41, 5.74) is 1.44. The average Bonchev–Trinajstić information content (AvgIpc) is 2.41. The van der Waals surface area contributed by atoms with Gasteiger partial charge in [-0.05, 0) is 42.8 Å². The maximum Gasteiger partial charge on any atom is 0.335 e. The van der Waals surface area contributed by atoms with Crippen molar-refractivity contribution >= 4 is 17.6 Å². The number of carbonyl (C=O) groups is 1. The molecule has 104 valence electrons. The van der Waals surface area contributed by atoms with Crippen LogP contribution in [-0.4, -0.2) is 11.1 Å². The second-order valence-electron chi connectivity index (χ2n) is 4.31. The maximum absolute atomic E-state index is 13.1. The van der Waals surface area contributed by atoms with Gasteiger partial charge in [-0.2, -0.15) is 0 Å². The van der Waals surface area contributed by atoms with E-state index in [1.807, 2.05) is 0 Å². The van der Waals surface area contributed by atoms with E-state index in [1.165, 1.54) is 30.3 Å². The van der Waals surface area contributed by atoms with Crippen LogP contribution in [-0.2, 0) is 6.61 Å². The Hall–Kier alpha value is -2.07. The van der Waals surface area contributed by atoms with Crippen LogP contribution in [0.15, 0.2) is 36.4 Å². The molecule has 0 aliphatic heterocycles. The number of carboxylic acids is 1. The van der Waals surface area contributed by atoms with E-state index in [0.717, 1.165) is 5.56 Å². The number of aromatic carboxylic acids is 1. The fourth-order valence-corrected chi connectivity index (χ4v) is 1.87. The molecular formula is C15H12ClFO3. The summed E-state index contributed by atoms with van der Waals surface area (Å²) in [5.74, 6) is -0.993. The first-order valence-electron chi connectivity index (χ1n) is 5.88. The van der Waals surface area contributed by atoms with Crippen molar-refractivity contribution in [2.24, 2.45) is 0 Å². The first kappa shape index (κ1) is 14.3. The van der Waals surface area contributed by atoms with Crippen LogP contribution in [0.25, 0.3) is 0 Å². The fourth-order valence-electron chi connectivity index (χ4n) is 1.70. The number of ether oxygens (including phenoxy) is 1. The highest BCUT2D eigenvalue weighted by atomic mass is 35.5. The molecule has 2 aromatic rings. The zero-order chi connectivity index (χ0) is 14.7. The highest BCUT2D eigenvalue weighted by molar-refractivity contribution is 6.31. The zero-order valence-corrected chi connectivity index (χ0v) is 11.4. The first-order chi connectivity index (χ1) is 9.47. The molecule has 0 saturated carbocycles. The zero-order valence-electron chi connectivity index (χ0n) is 10.7. The molecule has 0 amide bonds. The van der Waals surface area contributed by atoms with Crippen LogP contribution in [0.4, 0.5) is 4.39 Å². The van der Waals surface area contributed by atoms with Crippen molar-refractivity contribution in [1.82, 2.24) is 0 Å². The minimum absolute atomic E-state index is 0.0699. The van der Waals surface area contributed by atoms with Crippen molar-refractivity contribution in [3.8, 4) is 5.75 Å². The van der Waals surface area contributed by atoms with Gasteiger partial charge in [-0.15, -0.1) is 0 Å². The van der Waals surface area contributed by atoms with Gasteiger partial charge >= 0.3 is 5.97 Å². The normalized spacial score (nSPS) is 10.3. The van der Waals surface area contributed by atoms with Gasteiger partial charge in [0, 0.05) is 10.6 Å². The molecule has 0 heterocycles. The third-order valence-corrected chi connectivity index (χ3v) is 3.19. The lowest BCUT2D eigenvalue weighted by Gasteiger charge is -2.11. The van der Waals surface area contributed by atoms with Gasteiger partial charge in [-0.25, -0.2) is 9.18 Å². The Kier molecular flexibility index (Phi) is 4.25. The summed E-state index contributed by atoms with van der Waals surface area (Å²) < 4.78 is 18.7. The third kappa shape index (κ3) is 3.27. The van der Waals surface area contributed by atoms with Crippen LogP contribution >= 0.6 is 11.6 Å². The highest BCUT2D eigenvalue weighted by Gasteiger charge is 2.09. The molecule has 0 saturated heterocycles. The van der Waals surface area contributed by atoms with Crippen molar-refractivity contribution in [3.05, 3.63) is 63.9 Å². The molecule has 0 aliphatic carbocycles. The van der Waals surface area contributed by atoms with E-state index in [9.17, 15) is 9.18 Å². The molecule has 0 radical (unpaired) electrons. The van der Waals surface area contributed by atoms with Crippen LogP contribution in [0.5, 0.6) is 5.75 Å². The van der Waals surface area contributed by atoms with E-state index in [1.54, 1.807) is 13.0 Å². The van der Waals surface area contributed by atoms with Gasteiger partial charge in [-0.1, -0.05) is 17.7 Å². The molecule has 0 aliphatic rings. The number of hydrogen-bond acceptors (Lipinski definition) is 2. The van der Waals surface area contributed by atoms with Crippen LogP contribution in [0.3, 0.4) is 0 Å². The van der Waals surface area contributed by atoms with Crippen molar-refractivity contribution < 1.29 is 19.0 Å². The quantitative estimate of drug-likeness (QED) is 0.925. The van der Waals surface area contributed by atoms with E-state index < -0.39 is 11.8 Å². The summed E-state index contributed by atoms with van der Waals surface area (Å²) >= 11 is 5.94. The number of aryl methyl sites for hydroxylation is 1. The Morgan fingerprint density at radius 3 is 2.75 bits per heavy atom. The Bertz CT molecular complexity index is 656. The standard InChI is InChI=1S/C15H12ClFO3/c1-9-2-3-10(15(18)19)7-14(9)20-8-11-6-12(17)4-5-13(11)16/h2-7H,8H2,1H3,(H,18,19). The Morgan fingerprint density at radius 2 is 2.05 bits per heavy atom. The third-order valence-electron chi connectivity index (χ3n) is 2.83. The van der Waals surface area contributed by atoms with E-state index in [-0.39, 0.29) is 12.2 Å². The van der Waals surface area contributed by atoms with Crippen molar-refractivity contribution in [3.63, 3.8) is 0 Å². The van der Waals surface area contributed by atoms with Crippen LogP contribution in [0, 0.1) is 12.7 Å². The van der Waals surface area contributed by atoms with Crippen molar-refractivity contribution in [2.75, 3.05) is 0 Å². The molecule has 1 N–H and O–H groups in total. The van der Waals surface area contributed by atoms with Crippen LogP contribution < -0.4 is 4.74 Å². The Balaban J connectivity index is 2.20. The van der Waals surface area contributed by atoms with Gasteiger partial charge in [0.15, 0.2) is 0 Å². The van der Waals surface area contributed by atoms with E-state index in [4.69, 9.17) is 21.4 Å². The highest BCUT2D eigenvalue weighted by Crippen LogP contribution is 2.23. The second-order valence-corrected chi connectivity index (χ2v) is 4.72. The maximum atomic E-state index is 13.1. The molecule has 20 heavy (non-hydrogen) atoms. The lowest BCUT2D eigenvalue weighted by Crippen LogP contribution is -2.01. The minimum Gasteiger partial charge on any atom is -0.489 e. The Morgan fingerprint density at radius 1 is 1.30 bits per heavy atom. The molecule has 0 atom stereocenters. The molecule has 0 aromatic heterocycles. The molecule has 5 heteroatoms. The first-order valence-corrected chi connectivity index (χ1v) is 6.26. The smallest absolute Gasteiger partial charge is 0.335 e. The molecular weight excluding hydrogens is 283 g/mol. The summed E-state index contributed by atoms with van der Waals surface area (Å²) in [6, 6.07) is 8.60. The topological polar surface area (TPSA) is 46.5 Å². The van der Waals surface area contributed by atoms with Gasteiger partial charge in [0.1, 0.15) is 18.2 Å². The summed E-state index contributed by atoms with van der Waals surface area (Å²) in [7, 11) is 0. The molecule has 0 fully saturated rings. The van der Waals surface area contributed by atoms with Gasteiger partial charge < -0.3 is 9.84 Å². The molecule has 2 rings (SSSR count). The summed E-state index contributed by atoms with van der Waals surface area (Å²) in [5, 5.41) is 9.34. The SMILES string of the molecule is Cc1ccc(C(=O)O)cc1OCc1cc(F)ccc1Cl. The largest absolute Gasteiger partial charge is 0.489 e. The summed E-state index contributed by atoms with van der Waals surface area (Å²) in [4.78, 5) is 10.9. The van der Waals surface area contributed by atoms with Crippen LogP contribution in [0.2, 0.25) is 5.02 Å². The molecule has 3 nitrogen and oxygen atoms in total. The van der Waals surface area contributed by atoms with Gasteiger partial charge in [-0.3, -0.25) is 0 Å². The van der Waals surface area contributed by atoms with E-state index in [2.05, 4.69) is 0 Å². The van der Waals surface area contributed by atoms with Gasteiger partial charge in [0.25, 0.3) is 0 Å². The molecule has 0 spiro atoms. The average molecular weight is 295 g/mol. The van der Waals surface area contributed by atoms with Crippen molar-refractivity contribution in [2.45, 2.75) is 13.5 Å². The monoisotopic (exact) mass is 294 g/mol. The lowest BCUT2D eigenvalue weighted by atomic mass is 10.1. The number of hydrogen-bond donors (Lipinski definition) is 1. The fraction of sp³-hybridized carbons (Fsp3) is 0.133. The Labute approximate surface area is 120 Å². The summed E-state index contributed by atoms with van der Waals surface area (Å²) in [6.45, 7) is 1.87. The molecule has 0 unspecified atom stereocenters. The predicted octanol–water partition coefficient (Wildman–Crippen LogP) is 4.06. The van der Waals surface area contributed by atoms with Gasteiger partial charge in [0.2, 0.25) is 0 Å².